The second kappa shape index (κ2) is 5.27. The maximum absolute atomic E-state index is 12.7. The van der Waals surface area contributed by atoms with Gasteiger partial charge in [-0.3, -0.25) is 0 Å². The standard InChI is InChI=1S/C12H6F3NO5/c13-12(14,15)7-3-1-2-4-8(7)20-11(19)9-6(10(17)18)5-16-21-9/h1-5H,(H,17,18). The van der Waals surface area contributed by atoms with Crippen molar-refractivity contribution in [1.29, 1.82) is 0 Å². The average molecular weight is 301 g/mol. The number of carboxylic acid groups (broad SMARTS) is 1. The van der Waals surface area contributed by atoms with Crippen LogP contribution in [0.5, 0.6) is 5.75 Å². The van der Waals surface area contributed by atoms with Crippen molar-refractivity contribution in [3.05, 3.63) is 47.3 Å². The third-order valence-corrected chi connectivity index (χ3v) is 2.38. The van der Waals surface area contributed by atoms with Crippen molar-refractivity contribution in [3.63, 3.8) is 0 Å². The van der Waals surface area contributed by atoms with E-state index in [1.807, 2.05) is 0 Å². The highest BCUT2D eigenvalue weighted by Gasteiger charge is 2.35. The van der Waals surface area contributed by atoms with Crippen LogP contribution in [-0.4, -0.2) is 22.2 Å². The zero-order chi connectivity index (χ0) is 15.6. The van der Waals surface area contributed by atoms with E-state index in [2.05, 4.69) is 14.4 Å². The van der Waals surface area contributed by atoms with E-state index in [1.54, 1.807) is 0 Å². The van der Waals surface area contributed by atoms with Gasteiger partial charge >= 0.3 is 18.1 Å². The summed E-state index contributed by atoms with van der Waals surface area (Å²) in [5.41, 5.74) is -1.78. The lowest BCUT2D eigenvalue weighted by Gasteiger charge is -2.11. The molecule has 0 aliphatic carbocycles. The van der Waals surface area contributed by atoms with E-state index in [9.17, 15) is 22.8 Å². The van der Waals surface area contributed by atoms with Crippen molar-refractivity contribution in [1.82, 2.24) is 5.16 Å². The number of ether oxygens (including phenoxy) is 1. The van der Waals surface area contributed by atoms with Gasteiger partial charge in [0.05, 0.1) is 11.8 Å². The van der Waals surface area contributed by atoms with Crippen molar-refractivity contribution in [2.45, 2.75) is 6.18 Å². The van der Waals surface area contributed by atoms with Crippen molar-refractivity contribution in [2.75, 3.05) is 0 Å². The van der Waals surface area contributed by atoms with Crippen molar-refractivity contribution < 1.29 is 37.1 Å². The molecule has 0 amide bonds. The monoisotopic (exact) mass is 301 g/mol. The molecule has 1 N–H and O–H groups in total. The Labute approximate surface area is 114 Å². The van der Waals surface area contributed by atoms with Crippen LogP contribution in [0.25, 0.3) is 0 Å². The molecule has 0 radical (unpaired) electrons. The second-order valence-corrected chi connectivity index (χ2v) is 3.76. The summed E-state index contributed by atoms with van der Waals surface area (Å²) in [5.74, 6) is -4.46. The molecule has 6 nitrogen and oxygen atoms in total. The van der Waals surface area contributed by atoms with Crippen LogP contribution in [0, 0.1) is 0 Å². The summed E-state index contributed by atoms with van der Waals surface area (Å²) >= 11 is 0. The Bertz CT molecular complexity index is 692. The van der Waals surface area contributed by atoms with Crippen LogP contribution >= 0.6 is 0 Å². The number of alkyl halides is 3. The van der Waals surface area contributed by atoms with Gasteiger partial charge in [0.25, 0.3) is 5.76 Å². The number of rotatable bonds is 3. The van der Waals surface area contributed by atoms with Gasteiger partial charge in [0, 0.05) is 0 Å². The first-order valence-corrected chi connectivity index (χ1v) is 5.37. The van der Waals surface area contributed by atoms with E-state index in [0.717, 1.165) is 24.4 Å². The van der Waals surface area contributed by atoms with Gasteiger partial charge < -0.3 is 14.4 Å². The largest absolute Gasteiger partial charge is 0.477 e. The molecule has 0 aliphatic heterocycles. The third kappa shape index (κ3) is 3.02. The highest BCUT2D eigenvalue weighted by Crippen LogP contribution is 2.36. The summed E-state index contributed by atoms with van der Waals surface area (Å²) in [6, 6.07) is 4.01. The van der Waals surface area contributed by atoms with Crippen molar-refractivity contribution in [2.24, 2.45) is 0 Å². The molecule has 2 aromatic rings. The summed E-state index contributed by atoms with van der Waals surface area (Å²) in [5, 5.41) is 11.9. The molecule has 0 atom stereocenters. The predicted molar refractivity (Wildman–Crippen MR) is 59.9 cm³/mol. The second-order valence-electron chi connectivity index (χ2n) is 3.76. The highest BCUT2D eigenvalue weighted by atomic mass is 19.4. The number of esters is 1. The molecule has 0 saturated heterocycles. The molecule has 0 saturated carbocycles. The van der Waals surface area contributed by atoms with Crippen LogP contribution in [-0.2, 0) is 6.18 Å². The first kappa shape index (κ1) is 14.6. The number of aromatic nitrogens is 1. The Hall–Kier alpha value is -2.84. The molecular formula is C12H6F3NO5. The molecule has 1 aromatic carbocycles. The molecule has 0 bridgehead atoms. The Morgan fingerprint density at radius 3 is 2.52 bits per heavy atom. The fourth-order valence-electron chi connectivity index (χ4n) is 1.48. The van der Waals surface area contributed by atoms with Gasteiger partial charge in [-0.25, -0.2) is 9.59 Å². The molecule has 110 valence electrons. The van der Waals surface area contributed by atoms with Gasteiger partial charge in [-0.05, 0) is 12.1 Å². The summed E-state index contributed by atoms with van der Waals surface area (Å²) in [7, 11) is 0. The minimum atomic E-state index is -4.73. The number of hydrogen-bond acceptors (Lipinski definition) is 5. The number of halogens is 3. The highest BCUT2D eigenvalue weighted by molar-refractivity contribution is 6.00. The number of carbonyl (C=O) groups excluding carboxylic acids is 1. The first-order chi connectivity index (χ1) is 9.80. The van der Waals surface area contributed by atoms with Crippen molar-refractivity contribution >= 4 is 11.9 Å². The average Bonchev–Trinajstić information content (AvgIpc) is 2.87. The molecule has 1 heterocycles. The number of carbonyl (C=O) groups is 2. The van der Waals surface area contributed by atoms with Crippen molar-refractivity contribution in [3.8, 4) is 5.75 Å². The molecule has 0 fully saturated rings. The Morgan fingerprint density at radius 1 is 1.24 bits per heavy atom. The summed E-state index contributed by atoms with van der Waals surface area (Å²) < 4.78 is 47.1. The van der Waals surface area contributed by atoms with Crippen LogP contribution in [0.4, 0.5) is 13.2 Å². The zero-order valence-corrected chi connectivity index (χ0v) is 10.0. The minimum Gasteiger partial charge on any atom is -0.477 e. The van der Waals surface area contributed by atoms with E-state index in [4.69, 9.17) is 5.11 Å². The van der Waals surface area contributed by atoms with Gasteiger partial charge in [0.15, 0.2) is 0 Å². The predicted octanol–water partition coefficient (Wildman–Crippen LogP) is 2.61. The number of nitrogens with zero attached hydrogens (tertiary/aromatic N) is 1. The van der Waals surface area contributed by atoms with E-state index >= 15 is 0 Å². The number of benzene rings is 1. The van der Waals surface area contributed by atoms with Crippen LogP contribution in [0.3, 0.4) is 0 Å². The molecule has 0 unspecified atom stereocenters. The van der Waals surface area contributed by atoms with E-state index in [1.165, 1.54) is 6.07 Å². The van der Waals surface area contributed by atoms with Gasteiger partial charge in [0.1, 0.15) is 11.3 Å². The van der Waals surface area contributed by atoms with Crippen LogP contribution in [0.1, 0.15) is 26.5 Å². The molecule has 9 heteroatoms. The van der Waals surface area contributed by atoms with Gasteiger partial charge in [-0.15, -0.1) is 0 Å². The topological polar surface area (TPSA) is 89.6 Å². The summed E-state index contributed by atoms with van der Waals surface area (Å²) in [6.07, 6.45) is -3.98. The van der Waals surface area contributed by atoms with E-state index in [0.29, 0.717) is 0 Å². The molecule has 2 rings (SSSR count). The van der Waals surface area contributed by atoms with E-state index in [-0.39, 0.29) is 0 Å². The normalized spacial score (nSPS) is 11.2. The lowest BCUT2D eigenvalue weighted by atomic mass is 10.2. The summed E-state index contributed by atoms with van der Waals surface area (Å²) in [4.78, 5) is 22.5. The Morgan fingerprint density at radius 2 is 1.90 bits per heavy atom. The molecule has 0 aliphatic rings. The third-order valence-electron chi connectivity index (χ3n) is 2.38. The number of aromatic carboxylic acids is 1. The fourth-order valence-corrected chi connectivity index (χ4v) is 1.48. The van der Waals surface area contributed by atoms with Gasteiger partial charge in [-0.1, -0.05) is 17.3 Å². The minimum absolute atomic E-state index is 0.607. The summed E-state index contributed by atoms with van der Waals surface area (Å²) in [6.45, 7) is 0. The van der Waals surface area contributed by atoms with Gasteiger partial charge in [-0.2, -0.15) is 13.2 Å². The van der Waals surface area contributed by atoms with Crippen LogP contribution in [0.15, 0.2) is 35.0 Å². The maximum atomic E-state index is 12.7. The van der Waals surface area contributed by atoms with Crippen LogP contribution < -0.4 is 4.74 Å². The zero-order valence-electron chi connectivity index (χ0n) is 10.0. The number of hydrogen-bond donors (Lipinski definition) is 1. The Balaban J connectivity index is 2.33. The first-order valence-electron chi connectivity index (χ1n) is 5.37. The van der Waals surface area contributed by atoms with Crippen LogP contribution in [0.2, 0.25) is 0 Å². The molecule has 0 spiro atoms. The molecule has 1 aromatic heterocycles. The Kier molecular flexibility index (Phi) is 3.66. The smallest absolute Gasteiger partial charge is 0.419 e. The quantitative estimate of drug-likeness (QED) is 0.692. The van der Waals surface area contributed by atoms with E-state index < -0.39 is 40.8 Å². The van der Waals surface area contributed by atoms with Gasteiger partial charge in [0.2, 0.25) is 0 Å². The molecular weight excluding hydrogens is 295 g/mol. The SMILES string of the molecule is O=C(O)c1cnoc1C(=O)Oc1ccccc1C(F)(F)F. The molecule has 21 heavy (non-hydrogen) atoms. The number of carboxylic acids is 1. The fraction of sp³-hybridized carbons (Fsp3) is 0.0833. The maximum Gasteiger partial charge on any atom is 0.419 e. The lowest BCUT2D eigenvalue weighted by Crippen LogP contribution is -2.15. The lowest BCUT2D eigenvalue weighted by molar-refractivity contribution is -0.138. The number of para-hydroxylation sites is 1.